The van der Waals surface area contributed by atoms with Gasteiger partial charge in [0.1, 0.15) is 6.10 Å². The number of hydrogen-bond donors (Lipinski definition) is 1. The largest absolute Gasteiger partial charge is 0.460 e. The Labute approximate surface area is 85.6 Å². The third-order valence-electron chi connectivity index (χ3n) is 2.08. The van der Waals surface area contributed by atoms with E-state index in [1.165, 1.54) is 6.42 Å². The highest BCUT2D eigenvalue weighted by Gasteiger charge is 2.15. The predicted molar refractivity (Wildman–Crippen MR) is 52.9 cm³/mol. The van der Waals surface area contributed by atoms with E-state index < -0.39 is 0 Å². The van der Waals surface area contributed by atoms with E-state index in [1.54, 1.807) is 0 Å². The van der Waals surface area contributed by atoms with Crippen molar-refractivity contribution in [1.29, 1.82) is 0 Å². The molecule has 1 unspecified atom stereocenters. The molecule has 1 aromatic rings. The molecule has 72 valence electrons. The lowest BCUT2D eigenvalue weighted by Crippen LogP contribution is -2.37. The Balaban J connectivity index is 1.89. The molecule has 0 bridgehead atoms. The summed E-state index contributed by atoms with van der Waals surface area (Å²) >= 11 is 3.23. The van der Waals surface area contributed by atoms with Gasteiger partial charge in [-0.25, -0.2) is 0 Å². The number of piperidine rings is 1. The van der Waals surface area contributed by atoms with Crippen molar-refractivity contribution in [3.05, 3.63) is 16.8 Å². The zero-order valence-corrected chi connectivity index (χ0v) is 8.84. The van der Waals surface area contributed by atoms with E-state index in [2.05, 4.69) is 21.2 Å². The predicted octanol–water partition coefficient (Wildman–Crippen LogP) is 2.17. The van der Waals surface area contributed by atoms with Gasteiger partial charge >= 0.3 is 0 Å². The summed E-state index contributed by atoms with van der Waals surface area (Å²) in [5, 5.41) is 3.28. The van der Waals surface area contributed by atoms with E-state index in [4.69, 9.17) is 9.15 Å². The van der Waals surface area contributed by atoms with Crippen LogP contribution in [-0.2, 0) is 0 Å². The van der Waals surface area contributed by atoms with E-state index in [-0.39, 0.29) is 6.10 Å². The van der Waals surface area contributed by atoms with Crippen LogP contribution in [0.15, 0.2) is 21.2 Å². The van der Waals surface area contributed by atoms with Crippen molar-refractivity contribution in [2.45, 2.75) is 18.9 Å². The maximum absolute atomic E-state index is 5.62. The number of halogens is 1. The Hall–Kier alpha value is -0.480. The van der Waals surface area contributed by atoms with Crippen LogP contribution in [0.2, 0.25) is 0 Å². The van der Waals surface area contributed by atoms with Crippen LogP contribution in [0, 0.1) is 0 Å². The SMILES string of the molecule is Brc1ccc(OC2CCCNC2)o1. The number of furan rings is 1. The first-order chi connectivity index (χ1) is 6.34. The van der Waals surface area contributed by atoms with Crippen LogP contribution in [0.25, 0.3) is 0 Å². The normalized spacial score (nSPS) is 23.0. The first kappa shape index (κ1) is 9.09. The molecule has 1 aliphatic heterocycles. The van der Waals surface area contributed by atoms with Gasteiger partial charge < -0.3 is 14.5 Å². The molecule has 1 aromatic heterocycles. The molecule has 13 heavy (non-hydrogen) atoms. The van der Waals surface area contributed by atoms with Crippen molar-refractivity contribution in [1.82, 2.24) is 5.32 Å². The first-order valence-electron chi connectivity index (χ1n) is 4.47. The van der Waals surface area contributed by atoms with Crippen molar-refractivity contribution in [3.8, 4) is 5.95 Å². The molecule has 4 heteroatoms. The maximum Gasteiger partial charge on any atom is 0.285 e. The van der Waals surface area contributed by atoms with Crippen molar-refractivity contribution < 1.29 is 9.15 Å². The third-order valence-corrected chi connectivity index (χ3v) is 2.51. The number of hydrogen-bond acceptors (Lipinski definition) is 3. The summed E-state index contributed by atoms with van der Waals surface area (Å²) in [6, 6.07) is 3.67. The van der Waals surface area contributed by atoms with E-state index >= 15 is 0 Å². The zero-order valence-electron chi connectivity index (χ0n) is 7.25. The Morgan fingerprint density at radius 3 is 3.08 bits per heavy atom. The van der Waals surface area contributed by atoms with Crippen LogP contribution < -0.4 is 10.1 Å². The summed E-state index contributed by atoms with van der Waals surface area (Å²) in [5.41, 5.74) is 0. The molecule has 0 aromatic carbocycles. The Kier molecular flexibility index (Phi) is 2.90. The van der Waals surface area contributed by atoms with Gasteiger partial charge in [-0.2, -0.15) is 0 Å². The van der Waals surface area contributed by atoms with Gasteiger partial charge in [0, 0.05) is 12.6 Å². The van der Waals surface area contributed by atoms with Crippen molar-refractivity contribution in [3.63, 3.8) is 0 Å². The molecule has 2 rings (SSSR count). The standard InChI is InChI=1S/C9H12BrNO2/c10-8-3-4-9(13-8)12-7-2-1-5-11-6-7/h3-4,7,11H,1-2,5-6H2. The average molecular weight is 246 g/mol. The number of nitrogens with one attached hydrogen (secondary N) is 1. The lowest BCUT2D eigenvalue weighted by molar-refractivity contribution is 0.129. The Morgan fingerprint density at radius 1 is 1.54 bits per heavy atom. The highest BCUT2D eigenvalue weighted by Crippen LogP contribution is 2.22. The lowest BCUT2D eigenvalue weighted by Gasteiger charge is -2.22. The van der Waals surface area contributed by atoms with Gasteiger partial charge in [-0.15, -0.1) is 0 Å². The van der Waals surface area contributed by atoms with Crippen LogP contribution in [0.5, 0.6) is 5.95 Å². The van der Waals surface area contributed by atoms with E-state index in [1.807, 2.05) is 12.1 Å². The third kappa shape index (κ3) is 2.48. The van der Waals surface area contributed by atoms with E-state index in [0.717, 1.165) is 19.5 Å². The highest BCUT2D eigenvalue weighted by molar-refractivity contribution is 9.10. The second-order valence-corrected chi connectivity index (χ2v) is 3.93. The minimum absolute atomic E-state index is 0.256. The van der Waals surface area contributed by atoms with Gasteiger partial charge in [0.15, 0.2) is 4.67 Å². The molecule has 2 heterocycles. The molecular formula is C9H12BrNO2. The fourth-order valence-corrected chi connectivity index (χ4v) is 1.74. The average Bonchev–Trinajstić information content (AvgIpc) is 2.53. The molecule has 0 spiro atoms. The second-order valence-electron chi connectivity index (χ2n) is 3.14. The quantitative estimate of drug-likeness (QED) is 0.868. The molecule has 1 N–H and O–H groups in total. The fourth-order valence-electron chi connectivity index (χ4n) is 1.45. The van der Waals surface area contributed by atoms with Crippen molar-refractivity contribution >= 4 is 15.9 Å². The summed E-state index contributed by atoms with van der Waals surface area (Å²) in [6.07, 6.45) is 2.53. The Bertz CT molecular complexity index is 268. The minimum Gasteiger partial charge on any atom is -0.460 e. The first-order valence-corrected chi connectivity index (χ1v) is 5.26. The lowest BCUT2D eigenvalue weighted by atomic mass is 10.1. The molecule has 1 atom stereocenters. The fraction of sp³-hybridized carbons (Fsp3) is 0.556. The van der Waals surface area contributed by atoms with E-state index in [0.29, 0.717) is 10.6 Å². The summed E-state index contributed by atoms with van der Waals surface area (Å²) in [7, 11) is 0. The van der Waals surface area contributed by atoms with Crippen LogP contribution in [0.3, 0.4) is 0 Å². The van der Waals surface area contributed by atoms with Crippen LogP contribution in [0.1, 0.15) is 12.8 Å². The van der Waals surface area contributed by atoms with Crippen molar-refractivity contribution in [2.24, 2.45) is 0 Å². The molecule has 0 radical (unpaired) electrons. The molecule has 1 fully saturated rings. The smallest absolute Gasteiger partial charge is 0.285 e. The van der Waals surface area contributed by atoms with Gasteiger partial charge in [0.2, 0.25) is 0 Å². The van der Waals surface area contributed by atoms with Crippen LogP contribution in [0.4, 0.5) is 0 Å². The molecule has 0 amide bonds. The van der Waals surface area contributed by atoms with E-state index in [9.17, 15) is 0 Å². The maximum atomic E-state index is 5.62. The van der Waals surface area contributed by atoms with Crippen LogP contribution >= 0.6 is 15.9 Å². The van der Waals surface area contributed by atoms with Gasteiger partial charge in [0.05, 0.1) is 0 Å². The summed E-state index contributed by atoms with van der Waals surface area (Å²) in [5.74, 6) is 0.598. The summed E-state index contributed by atoms with van der Waals surface area (Å²) < 4.78 is 11.6. The number of ether oxygens (including phenoxy) is 1. The monoisotopic (exact) mass is 245 g/mol. The van der Waals surface area contributed by atoms with Gasteiger partial charge in [-0.3, -0.25) is 0 Å². The van der Waals surface area contributed by atoms with Gasteiger partial charge in [-0.05, 0) is 41.4 Å². The zero-order chi connectivity index (χ0) is 9.10. The number of rotatable bonds is 2. The molecule has 1 saturated heterocycles. The Morgan fingerprint density at radius 2 is 2.46 bits per heavy atom. The molecule has 0 saturated carbocycles. The molecule has 1 aliphatic rings. The minimum atomic E-state index is 0.256. The molecular weight excluding hydrogens is 234 g/mol. The van der Waals surface area contributed by atoms with Gasteiger partial charge in [-0.1, -0.05) is 0 Å². The van der Waals surface area contributed by atoms with Crippen LogP contribution in [-0.4, -0.2) is 19.2 Å². The molecule has 0 aliphatic carbocycles. The highest BCUT2D eigenvalue weighted by atomic mass is 79.9. The molecule has 3 nitrogen and oxygen atoms in total. The van der Waals surface area contributed by atoms with Gasteiger partial charge in [0.25, 0.3) is 5.95 Å². The topological polar surface area (TPSA) is 34.4 Å². The summed E-state index contributed by atoms with van der Waals surface area (Å²) in [6.45, 7) is 2.01. The second kappa shape index (κ2) is 4.15. The van der Waals surface area contributed by atoms with Crippen molar-refractivity contribution in [2.75, 3.05) is 13.1 Å². The summed E-state index contributed by atoms with van der Waals surface area (Å²) in [4.78, 5) is 0.